The smallest absolute Gasteiger partial charge is 0.242 e. The summed E-state index contributed by atoms with van der Waals surface area (Å²) in [4.78, 5) is 27.6. The van der Waals surface area contributed by atoms with Crippen molar-refractivity contribution < 1.29 is 18.0 Å². The van der Waals surface area contributed by atoms with Crippen molar-refractivity contribution in [2.75, 3.05) is 23.7 Å². The molecule has 0 radical (unpaired) electrons. The van der Waals surface area contributed by atoms with Crippen LogP contribution in [0.1, 0.15) is 44.2 Å². The highest BCUT2D eigenvalue weighted by atomic mass is 35.5. The van der Waals surface area contributed by atoms with Crippen LogP contribution in [0, 0.1) is 6.92 Å². The van der Waals surface area contributed by atoms with Gasteiger partial charge in [0.2, 0.25) is 21.8 Å². The fourth-order valence-electron chi connectivity index (χ4n) is 3.74. The highest BCUT2D eigenvalue weighted by Gasteiger charge is 2.29. The SMILES string of the molecule is CCNC(=O)C(CC)N(Cc1ccccc1Cl)C(=O)CCCN(c1ccc(C)cc1)S(C)(=O)=O. The van der Waals surface area contributed by atoms with Gasteiger partial charge in [-0.05, 0) is 50.5 Å². The van der Waals surface area contributed by atoms with Gasteiger partial charge >= 0.3 is 0 Å². The zero-order chi connectivity index (χ0) is 25.3. The number of anilines is 1. The lowest BCUT2D eigenvalue weighted by Crippen LogP contribution is -2.49. The highest BCUT2D eigenvalue weighted by molar-refractivity contribution is 7.92. The summed E-state index contributed by atoms with van der Waals surface area (Å²) in [5, 5.41) is 3.32. The molecule has 0 spiro atoms. The van der Waals surface area contributed by atoms with Gasteiger partial charge in [0.25, 0.3) is 0 Å². The van der Waals surface area contributed by atoms with E-state index in [4.69, 9.17) is 11.6 Å². The molecule has 0 aliphatic carbocycles. The summed E-state index contributed by atoms with van der Waals surface area (Å²) in [6.07, 6.45) is 2.00. The number of halogens is 1. The molecule has 1 atom stereocenters. The number of likely N-dealkylation sites (N-methyl/N-ethyl adjacent to an activating group) is 1. The van der Waals surface area contributed by atoms with E-state index in [-0.39, 0.29) is 31.3 Å². The molecule has 9 heteroatoms. The van der Waals surface area contributed by atoms with Gasteiger partial charge in [-0.3, -0.25) is 13.9 Å². The molecule has 0 saturated heterocycles. The Morgan fingerprint density at radius 2 is 1.71 bits per heavy atom. The summed E-state index contributed by atoms with van der Waals surface area (Å²) < 4.78 is 26.1. The van der Waals surface area contributed by atoms with Gasteiger partial charge in [-0.2, -0.15) is 0 Å². The molecule has 1 unspecified atom stereocenters. The summed E-state index contributed by atoms with van der Waals surface area (Å²) in [6, 6.07) is 13.8. The summed E-state index contributed by atoms with van der Waals surface area (Å²) in [5.41, 5.74) is 2.33. The molecule has 0 aliphatic heterocycles. The van der Waals surface area contributed by atoms with E-state index < -0.39 is 16.1 Å². The predicted molar refractivity (Wildman–Crippen MR) is 137 cm³/mol. The topological polar surface area (TPSA) is 86.8 Å². The number of nitrogens with one attached hydrogen (secondary N) is 1. The number of aryl methyl sites for hydroxylation is 1. The normalized spacial score (nSPS) is 12.1. The fraction of sp³-hybridized carbons (Fsp3) is 0.440. The van der Waals surface area contributed by atoms with E-state index >= 15 is 0 Å². The molecule has 34 heavy (non-hydrogen) atoms. The molecular weight excluding hydrogens is 474 g/mol. The van der Waals surface area contributed by atoms with Gasteiger partial charge in [0.1, 0.15) is 6.04 Å². The lowest BCUT2D eigenvalue weighted by Gasteiger charge is -2.31. The Hall–Kier alpha value is -2.58. The maximum absolute atomic E-state index is 13.3. The molecule has 0 bridgehead atoms. The van der Waals surface area contributed by atoms with Crippen LogP contribution >= 0.6 is 11.6 Å². The van der Waals surface area contributed by atoms with Gasteiger partial charge in [-0.1, -0.05) is 54.4 Å². The molecule has 2 aromatic rings. The molecule has 1 N–H and O–H groups in total. The standard InChI is InChI=1S/C25H34ClN3O4S/c1-5-23(25(31)27-6-2)28(18-20-10-7-8-11-22(20)26)24(30)12-9-17-29(34(4,32)33)21-15-13-19(3)14-16-21/h7-8,10-11,13-16,23H,5-6,9,12,17-18H2,1-4H3,(H,27,31). The van der Waals surface area contributed by atoms with Crippen LogP contribution in [-0.2, 0) is 26.2 Å². The minimum Gasteiger partial charge on any atom is -0.355 e. The minimum atomic E-state index is -3.52. The first-order chi connectivity index (χ1) is 16.1. The number of hydrogen-bond donors (Lipinski definition) is 1. The fourth-order valence-corrected chi connectivity index (χ4v) is 4.90. The Morgan fingerprint density at radius 3 is 2.26 bits per heavy atom. The van der Waals surface area contributed by atoms with Crippen LogP contribution in [0.5, 0.6) is 0 Å². The van der Waals surface area contributed by atoms with Gasteiger partial charge in [0.15, 0.2) is 0 Å². The zero-order valence-electron chi connectivity index (χ0n) is 20.3. The monoisotopic (exact) mass is 507 g/mol. The number of rotatable bonds is 12. The number of amides is 2. The van der Waals surface area contributed by atoms with Gasteiger partial charge in [0.05, 0.1) is 11.9 Å². The van der Waals surface area contributed by atoms with Crippen molar-refractivity contribution in [1.82, 2.24) is 10.2 Å². The Labute approximate surface area is 208 Å². The Kier molecular flexibility index (Phi) is 10.4. The average Bonchev–Trinajstić information content (AvgIpc) is 2.78. The molecule has 0 fully saturated rings. The number of sulfonamides is 1. The number of benzene rings is 2. The van der Waals surface area contributed by atoms with E-state index in [9.17, 15) is 18.0 Å². The summed E-state index contributed by atoms with van der Waals surface area (Å²) >= 11 is 6.32. The molecule has 0 aromatic heterocycles. The first kappa shape index (κ1) is 27.7. The van der Waals surface area contributed by atoms with Gasteiger partial charge in [-0.25, -0.2) is 8.42 Å². The van der Waals surface area contributed by atoms with Gasteiger partial charge < -0.3 is 10.2 Å². The molecule has 2 aromatic carbocycles. The third-order valence-electron chi connectivity index (χ3n) is 5.51. The maximum Gasteiger partial charge on any atom is 0.242 e. The molecular formula is C25H34ClN3O4S. The average molecular weight is 508 g/mol. The molecule has 186 valence electrons. The van der Waals surface area contributed by atoms with Gasteiger partial charge in [-0.15, -0.1) is 0 Å². The lowest BCUT2D eigenvalue weighted by atomic mass is 10.1. The van der Waals surface area contributed by atoms with Crippen molar-refractivity contribution in [3.63, 3.8) is 0 Å². The van der Waals surface area contributed by atoms with Crippen LogP contribution in [0.2, 0.25) is 5.02 Å². The molecule has 2 rings (SSSR count). The third kappa shape index (κ3) is 7.74. The first-order valence-corrected chi connectivity index (χ1v) is 13.7. The second-order valence-electron chi connectivity index (χ2n) is 8.21. The summed E-state index contributed by atoms with van der Waals surface area (Å²) in [6.45, 7) is 6.43. The Morgan fingerprint density at radius 1 is 1.06 bits per heavy atom. The maximum atomic E-state index is 13.3. The number of carbonyl (C=O) groups is 2. The zero-order valence-corrected chi connectivity index (χ0v) is 21.8. The van der Waals surface area contributed by atoms with E-state index in [2.05, 4.69) is 5.32 Å². The molecule has 7 nitrogen and oxygen atoms in total. The van der Waals surface area contributed by atoms with Gasteiger partial charge in [0, 0.05) is 31.1 Å². The quantitative estimate of drug-likeness (QED) is 0.467. The van der Waals surface area contributed by atoms with Crippen LogP contribution in [0.15, 0.2) is 48.5 Å². The number of carbonyl (C=O) groups excluding carboxylic acids is 2. The summed E-state index contributed by atoms with van der Waals surface area (Å²) in [5.74, 6) is -0.446. The van der Waals surface area contributed by atoms with E-state index in [1.54, 1.807) is 23.1 Å². The van der Waals surface area contributed by atoms with E-state index in [0.717, 1.165) is 17.4 Å². The molecule has 0 aliphatic rings. The molecule has 0 saturated carbocycles. The van der Waals surface area contributed by atoms with E-state index in [1.165, 1.54) is 4.31 Å². The van der Waals surface area contributed by atoms with Crippen LogP contribution < -0.4 is 9.62 Å². The van der Waals surface area contributed by atoms with Crippen molar-refractivity contribution in [2.45, 2.75) is 52.6 Å². The van der Waals surface area contributed by atoms with Crippen molar-refractivity contribution >= 4 is 39.1 Å². The van der Waals surface area contributed by atoms with Crippen LogP contribution in [0.4, 0.5) is 5.69 Å². The number of nitrogens with zero attached hydrogens (tertiary/aromatic N) is 2. The predicted octanol–water partition coefficient (Wildman–Crippen LogP) is 4.14. The molecule has 2 amide bonds. The van der Waals surface area contributed by atoms with Crippen molar-refractivity contribution in [3.8, 4) is 0 Å². The summed E-state index contributed by atoms with van der Waals surface area (Å²) in [7, 11) is -3.52. The van der Waals surface area contributed by atoms with Crippen molar-refractivity contribution in [3.05, 3.63) is 64.7 Å². The minimum absolute atomic E-state index is 0.0955. The Bertz CT molecular complexity index is 1070. The van der Waals surface area contributed by atoms with Crippen molar-refractivity contribution in [1.29, 1.82) is 0 Å². The molecule has 0 heterocycles. The van der Waals surface area contributed by atoms with E-state index in [1.807, 2.05) is 51.1 Å². The van der Waals surface area contributed by atoms with Crippen LogP contribution in [0.3, 0.4) is 0 Å². The van der Waals surface area contributed by atoms with Crippen molar-refractivity contribution in [2.24, 2.45) is 0 Å². The second kappa shape index (κ2) is 12.8. The Balaban J connectivity index is 2.20. The first-order valence-electron chi connectivity index (χ1n) is 11.4. The van der Waals surface area contributed by atoms with E-state index in [0.29, 0.717) is 30.1 Å². The largest absolute Gasteiger partial charge is 0.355 e. The highest BCUT2D eigenvalue weighted by Crippen LogP contribution is 2.22. The van der Waals surface area contributed by atoms with Crippen LogP contribution in [0.25, 0.3) is 0 Å². The van der Waals surface area contributed by atoms with Crippen LogP contribution in [-0.4, -0.2) is 50.5 Å². The second-order valence-corrected chi connectivity index (χ2v) is 10.5. The number of hydrogen-bond acceptors (Lipinski definition) is 4. The lowest BCUT2D eigenvalue weighted by molar-refractivity contribution is -0.141. The third-order valence-corrected chi connectivity index (χ3v) is 7.07.